The first-order chi connectivity index (χ1) is 6.88. The van der Waals surface area contributed by atoms with Crippen molar-refractivity contribution < 1.29 is 4.79 Å². The fraction of sp³-hybridized carbons (Fsp3) is 0.167. The van der Waals surface area contributed by atoms with Crippen molar-refractivity contribution in [3.05, 3.63) is 47.7 Å². The van der Waals surface area contributed by atoms with Crippen LogP contribution in [-0.2, 0) is 0 Å². The summed E-state index contributed by atoms with van der Waals surface area (Å²) in [5.41, 5.74) is 1.55. The van der Waals surface area contributed by atoms with E-state index in [1.807, 2.05) is 36.5 Å². The molecule has 2 rings (SSSR count). The number of ketones is 1. The van der Waals surface area contributed by atoms with Gasteiger partial charge in [-0.05, 0) is 12.8 Å². The van der Waals surface area contributed by atoms with Crippen LogP contribution in [0.15, 0.2) is 47.1 Å². The molecule has 0 unspecified atom stereocenters. The van der Waals surface area contributed by atoms with Crippen LogP contribution in [-0.4, -0.2) is 12.0 Å². The predicted molar refractivity (Wildman–Crippen MR) is 56.6 cm³/mol. The summed E-state index contributed by atoms with van der Waals surface area (Å²) in [6.45, 7) is 0. The molecule has 0 amide bonds. The predicted octanol–water partition coefficient (Wildman–Crippen LogP) is 2.62. The monoisotopic (exact) mass is 185 g/mol. The highest BCUT2D eigenvalue weighted by molar-refractivity contribution is 6.09. The Morgan fingerprint density at radius 3 is 2.64 bits per heavy atom. The van der Waals surface area contributed by atoms with E-state index in [4.69, 9.17) is 0 Å². The molecule has 2 heteroatoms. The van der Waals surface area contributed by atoms with E-state index in [1.165, 1.54) is 0 Å². The third-order valence-electron chi connectivity index (χ3n) is 2.21. The third-order valence-corrected chi connectivity index (χ3v) is 2.21. The maximum absolute atomic E-state index is 11.9. The molecule has 1 aliphatic heterocycles. The Morgan fingerprint density at radius 2 is 2.00 bits per heavy atom. The van der Waals surface area contributed by atoms with Crippen molar-refractivity contribution in [2.45, 2.75) is 12.8 Å². The molecule has 0 fully saturated rings. The number of allylic oxidation sites excluding steroid dienone is 1. The highest BCUT2D eigenvalue weighted by Gasteiger charge is 2.12. The van der Waals surface area contributed by atoms with Crippen LogP contribution < -0.4 is 0 Å². The van der Waals surface area contributed by atoms with Gasteiger partial charge in [-0.1, -0.05) is 30.3 Å². The van der Waals surface area contributed by atoms with Crippen LogP contribution in [0.1, 0.15) is 23.2 Å². The molecule has 2 nitrogen and oxygen atoms in total. The summed E-state index contributed by atoms with van der Waals surface area (Å²) in [5, 5.41) is 0. The van der Waals surface area contributed by atoms with Gasteiger partial charge in [0.15, 0.2) is 5.78 Å². The average Bonchev–Trinajstić information content (AvgIpc) is 2.30. The Kier molecular flexibility index (Phi) is 2.54. The van der Waals surface area contributed by atoms with Gasteiger partial charge in [-0.2, -0.15) is 0 Å². The van der Waals surface area contributed by atoms with Gasteiger partial charge in [0.25, 0.3) is 0 Å². The van der Waals surface area contributed by atoms with E-state index >= 15 is 0 Å². The van der Waals surface area contributed by atoms with Crippen molar-refractivity contribution >= 4 is 12.0 Å². The summed E-state index contributed by atoms with van der Waals surface area (Å²) < 4.78 is 0. The normalized spacial score (nSPS) is 15.0. The average molecular weight is 185 g/mol. The number of hydrogen-bond acceptors (Lipinski definition) is 2. The van der Waals surface area contributed by atoms with E-state index in [-0.39, 0.29) is 5.78 Å². The Hall–Kier alpha value is -1.70. The Bertz CT molecular complexity index is 390. The highest BCUT2D eigenvalue weighted by Crippen LogP contribution is 2.15. The largest absolute Gasteiger partial charge is 0.289 e. The minimum atomic E-state index is 0.0995. The summed E-state index contributed by atoms with van der Waals surface area (Å²) in [7, 11) is 0. The van der Waals surface area contributed by atoms with Gasteiger partial charge in [0, 0.05) is 23.6 Å². The van der Waals surface area contributed by atoms with E-state index < -0.39 is 0 Å². The molecule has 0 spiro atoms. The van der Waals surface area contributed by atoms with Gasteiger partial charge in [-0.25, -0.2) is 0 Å². The first kappa shape index (κ1) is 8.88. The number of carbonyl (C=O) groups excluding carboxylic acids is 1. The lowest BCUT2D eigenvalue weighted by molar-refractivity contribution is 0.103. The van der Waals surface area contributed by atoms with Crippen molar-refractivity contribution in [3.63, 3.8) is 0 Å². The molecule has 0 bridgehead atoms. The standard InChI is InChI=1S/C12H11NO/c14-12(10-5-2-1-3-6-10)11-7-4-8-13-9-11/h1-3,5-6,8-9H,4,7H2. The van der Waals surface area contributed by atoms with Crippen LogP contribution in [0.25, 0.3) is 0 Å². The molecule has 0 aliphatic carbocycles. The molecule has 0 saturated heterocycles. The van der Waals surface area contributed by atoms with Crippen molar-refractivity contribution in [1.29, 1.82) is 0 Å². The summed E-state index contributed by atoms with van der Waals surface area (Å²) >= 11 is 0. The summed E-state index contributed by atoms with van der Waals surface area (Å²) in [4.78, 5) is 15.9. The molecule has 1 aliphatic rings. The van der Waals surface area contributed by atoms with E-state index in [9.17, 15) is 4.79 Å². The molecule has 1 aromatic rings. The fourth-order valence-electron chi connectivity index (χ4n) is 1.45. The van der Waals surface area contributed by atoms with E-state index in [2.05, 4.69) is 4.99 Å². The lowest BCUT2D eigenvalue weighted by Gasteiger charge is -2.06. The molecule has 0 radical (unpaired) electrons. The molecular formula is C12H11NO. The number of Topliss-reactive ketones (excluding diaryl/α,β-unsaturated/α-hetero) is 1. The van der Waals surface area contributed by atoms with Crippen molar-refractivity contribution in [3.8, 4) is 0 Å². The first-order valence-electron chi connectivity index (χ1n) is 4.68. The van der Waals surface area contributed by atoms with Crippen LogP contribution in [0, 0.1) is 0 Å². The molecule has 0 saturated carbocycles. The zero-order chi connectivity index (χ0) is 9.80. The van der Waals surface area contributed by atoms with Crippen molar-refractivity contribution in [1.82, 2.24) is 0 Å². The number of benzene rings is 1. The van der Waals surface area contributed by atoms with Gasteiger partial charge in [0.05, 0.1) is 0 Å². The van der Waals surface area contributed by atoms with Crippen LogP contribution in [0.3, 0.4) is 0 Å². The minimum Gasteiger partial charge on any atom is -0.289 e. The highest BCUT2D eigenvalue weighted by atomic mass is 16.1. The second kappa shape index (κ2) is 4.01. The molecule has 1 heterocycles. The fourth-order valence-corrected chi connectivity index (χ4v) is 1.45. The van der Waals surface area contributed by atoms with E-state index in [0.717, 1.165) is 24.0 Å². The lowest BCUT2D eigenvalue weighted by Crippen LogP contribution is -2.05. The quantitative estimate of drug-likeness (QED) is 0.651. The summed E-state index contributed by atoms with van der Waals surface area (Å²) in [6.07, 6.45) is 5.17. The maximum Gasteiger partial charge on any atom is 0.190 e. The molecular weight excluding hydrogens is 174 g/mol. The van der Waals surface area contributed by atoms with Crippen LogP contribution >= 0.6 is 0 Å². The number of nitrogens with zero attached hydrogens (tertiary/aromatic N) is 1. The summed E-state index contributed by atoms with van der Waals surface area (Å²) in [5.74, 6) is 0.0995. The number of rotatable bonds is 2. The first-order valence-corrected chi connectivity index (χ1v) is 4.68. The second-order valence-electron chi connectivity index (χ2n) is 3.22. The summed E-state index contributed by atoms with van der Waals surface area (Å²) in [6, 6.07) is 9.33. The zero-order valence-electron chi connectivity index (χ0n) is 7.81. The second-order valence-corrected chi connectivity index (χ2v) is 3.22. The van der Waals surface area contributed by atoms with E-state index in [1.54, 1.807) is 6.20 Å². The Morgan fingerprint density at radius 1 is 1.21 bits per heavy atom. The van der Waals surface area contributed by atoms with Gasteiger partial charge >= 0.3 is 0 Å². The Balaban J connectivity index is 2.24. The number of hydrogen-bond donors (Lipinski definition) is 0. The van der Waals surface area contributed by atoms with Gasteiger partial charge in [-0.15, -0.1) is 0 Å². The maximum atomic E-state index is 11.9. The SMILES string of the molecule is O=C(C1=CN=CCC1)c1ccccc1. The van der Waals surface area contributed by atoms with Gasteiger partial charge in [-0.3, -0.25) is 9.79 Å². The molecule has 0 N–H and O–H groups in total. The smallest absolute Gasteiger partial charge is 0.190 e. The third kappa shape index (κ3) is 1.79. The molecule has 1 aromatic carbocycles. The van der Waals surface area contributed by atoms with Gasteiger partial charge < -0.3 is 0 Å². The molecule has 0 aromatic heterocycles. The molecule has 0 atom stereocenters. The van der Waals surface area contributed by atoms with Gasteiger partial charge in [0.1, 0.15) is 0 Å². The lowest BCUT2D eigenvalue weighted by atomic mass is 10.00. The van der Waals surface area contributed by atoms with Crippen molar-refractivity contribution in [2.24, 2.45) is 4.99 Å². The zero-order valence-corrected chi connectivity index (χ0v) is 7.81. The van der Waals surface area contributed by atoms with Crippen LogP contribution in [0.2, 0.25) is 0 Å². The van der Waals surface area contributed by atoms with Crippen LogP contribution in [0.4, 0.5) is 0 Å². The van der Waals surface area contributed by atoms with Gasteiger partial charge in [0.2, 0.25) is 0 Å². The molecule has 14 heavy (non-hydrogen) atoms. The van der Waals surface area contributed by atoms with Crippen LogP contribution in [0.5, 0.6) is 0 Å². The molecule has 70 valence electrons. The number of carbonyl (C=O) groups is 1. The van der Waals surface area contributed by atoms with E-state index in [0.29, 0.717) is 0 Å². The topological polar surface area (TPSA) is 29.4 Å². The van der Waals surface area contributed by atoms with Crippen molar-refractivity contribution in [2.75, 3.05) is 0 Å². The Labute approximate surface area is 83.0 Å². The minimum absolute atomic E-state index is 0.0995. The number of aliphatic imine (C=N–C) groups is 1.